The Morgan fingerprint density at radius 1 is 1.64 bits per heavy atom. The van der Waals surface area contributed by atoms with Crippen LogP contribution in [0.1, 0.15) is 26.2 Å². The molecule has 2 rings (SSSR count). The van der Waals surface area contributed by atoms with E-state index >= 15 is 0 Å². The second-order valence-electron chi connectivity index (χ2n) is 4.27. The van der Waals surface area contributed by atoms with Gasteiger partial charge in [-0.05, 0) is 32.1 Å². The molecule has 1 heterocycles. The van der Waals surface area contributed by atoms with Crippen LogP contribution in [0.3, 0.4) is 0 Å². The zero-order valence-electron chi connectivity index (χ0n) is 8.53. The molecule has 80 valence electrons. The lowest BCUT2D eigenvalue weighted by molar-refractivity contribution is -0.151. The smallest absolute Gasteiger partial charge is 0.312 e. The third kappa shape index (κ3) is 1.65. The number of thiol groups is 1. The van der Waals surface area contributed by atoms with Crippen LogP contribution in [0.4, 0.5) is 0 Å². The first kappa shape index (κ1) is 10.3. The molecule has 0 aromatic rings. The van der Waals surface area contributed by atoms with Gasteiger partial charge >= 0.3 is 5.97 Å². The Labute approximate surface area is 90.3 Å². The van der Waals surface area contributed by atoms with E-state index in [4.69, 9.17) is 4.74 Å². The maximum Gasteiger partial charge on any atom is 0.312 e. The molecule has 2 aliphatic rings. The van der Waals surface area contributed by atoms with Crippen molar-refractivity contribution in [3.63, 3.8) is 0 Å². The Bertz CT molecular complexity index is 240. The molecule has 1 aliphatic carbocycles. The average molecular weight is 215 g/mol. The highest BCUT2D eigenvalue weighted by atomic mass is 32.1. The zero-order valence-corrected chi connectivity index (χ0v) is 9.43. The van der Waals surface area contributed by atoms with Crippen LogP contribution < -0.4 is 0 Å². The molecule has 1 atom stereocenters. The first-order valence-electron chi connectivity index (χ1n) is 5.30. The van der Waals surface area contributed by atoms with Crippen LogP contribution in [-0.2, 0) is 9.53 Å². The molecule has 0 amide bonds. The maximum absolute atomic E-state index is 11.8. The summed E-state index contributed by atoms with van der Waals surface area (Å²) >= 11 is 4.31. The Kier molecular flexibility index (Phi) is 2.75. The van der Waals surface area contributed by atoms with Crippen molar-refractivity contribution in [3.05, 3.63) is 0 Å². The summed E-state index contributed by atoms with van der Waals surface area (Å²) in [6, 6.07) is 0. The summed E-state index contributed by atoms with van der Waals surface area (Å²) in [5, 5.41) is 0. The standard InChI is InChI=1S/C10H17NO2S/c1-2-13-9(12)10(4-5-10)8-3-6-11(14)7-8/h8,14H,2-7H2,1H3. The van der Waals surface area contributed by atoms with Crippen molar-refractivity contribution in [2.24, 2.45) is 11.3 Å². The predicted molar refractivity (Wildman–Crippen MR) is 57.0 cm³/mol. The highest BCUT2D eigenvalue weighted by Gasteiger charge is 2.57. The molecular formula is C10H17NO2S. The predicted octanol–water partition coefficient (Wildman–Crippen LogP) is 1.50. The van der Waals surface area contributed by atoms with Gasteiger partial charge in [-0.25, -0.2) is 0 Å². The molecule has 1 saturated carbocycles. The van der Waals surface area contributed by atoms with Crippen molar-refractivity contribution in [2.75, 3.05) is 19.7 Å². The molecule has 1 saturated heterocycles. The number of nitrogens with zero attached hydrogens (tertiary/aromatic N) is 1. The molecule has 0 aromatic heterocycles. The number of carbonyl (C=O) groups is 1. The van der Waals surface area contributed by atoms with Gasteiger partial charge in [0.15, 0.2) is 0 Å². The Balaban J connectivity index is 1.98. The Hall–Kier alpha value is -0.220. The van der Waals surface area contributed by atoms with Crippen LogP contribution in [-0.4, -0.2) is 30.0 Å². The molecule has 1 unspecified atom stereocenters. The Morgan fingerprint density at radius 3 is 2.79 bits per heavy atom. The second-order valence-corrected chi connectivity index (χ2v) is 4.84. The summed E-state index contributed by atoms with van der Waals surface area (Å²) in [5.41, 5.74) is -0.131. The van der Waals surface area contributed by atoms with Crippen molar-refractivity contribution < 1.29 is 9.53 Å². The fourth-order valence-electron chi connectivity index (χ4n) is 2.38. The number of ether oxygens (including phenoxy) is 1. The van der Waals surface area contributed by atoms with Gasteiger partial charge in [0.25, 0.3) is 0 Å². The van der Waals surface area contributed by atoms with Gasteiger partial charge in [-0.3, -0.25) is 9.10 Å². The molecule has 2 fully saturated rings. The third-order valence-electron chi connectivity index (χ3n) is 3.42. The van der Waals surface area contributed by atoms with E-state index in [1.165, 1.54) is 0 Å². The molecule has 0 spiro atoms. The summed E-state index contributed by atoms with van der Waals surface area (Å²) < 4.78 is 7.14. The summed E-state index contributed by atoms with van der Waals surface area (Å²) in [5.74, 6) is 0.493. The van der Waals surface area contributed by atoms with Gasteiger partial charge in [-0.1, -0.05) is 12.8 Å². The van der Waals surface area contributed by atoms with Crippen LogP contribution in [0, 0.1) is 11.3 Å². The van der Waals surface area contributed by atoms with Gasteiger partial charge < -0.3 is 4.74 Å². The van der Waals surface area contributed by atoms with Gasteiger partial charge in [0.1, 0.15) is 0 Å². The third-order valence-corrected chi connectivity index (χ3v) is 3.78. The molecule has 0 radical (unpaired) electrons. The first-order chi connectivity index (χ1) is 6.69. The van der Waals surface area contributed by atoms with E-state index in [0.717, 1.165) is 32.4 Å². The number of rotatable bonds is 3. The van der Waals surface area contributed by atoms with Crippen molar-refractivity contribution in [3.8, 4) is 0 Å². The summed E-state index contributed by atoms with van der Waals surface area (Å²) in [6.45, 7) is 4.29. The van der Waals surface area contributed by atoms with Crippen molar-refractivity contribution >= 4 is 18.8 Å². The lowest BCUT2D eigenvalue weighted by atomic mass is 9.88. The van der Waals surface area contributed by atoms with Crippen LogP contribution in [0.2, 0.25) is 0 Å². The fourth-order valence-corrected chi connectivity index (χ4v) is 2.69. The van der Waals surface area contributed by atoms with Crippen LogP contribution in [0.5, 0.6) is 0 Å². The molecule has 0 N–H and O–H groups in total. The number of hydrogen-bond acceptors (Lipinski definition) is 4. The lowest BCUT2D eigenvalue weighted by Crippen LogP contribution is -2.28. The van der Waals surface area contributed by atoms with Gasteiger partial charge in [0, 0.05) is 13.1 Å². The van der Waals surface area contributed by atoms with Crippen LogP contribution in [0.15, 0.2) is 0 Å². The van der Waals surface area contributed by atoms with Crippen LogP contribution >= 0.6 is 12.8 Å². The molecule has 4 heteroatoms. The molecule has 14 heavy (non-hydrogen) atoms. The van der Waals surface area contributed by atoms with Gasteiger partial charge in [0.2, 0.25) is 0 Å². The van der Waals surface area contributed by atoms with E-state index in [1.807, 2.05) is 11.2 Å². The lowest BCUT2D eigenvalue weighted by Gasteiger charge is -2.20. The molecule has 0 aromatic carbocycles. The van der Waals surface area contributed by atoms with Crippen molar-refractivity contribution in [1.82, 2.24) is 4.31 Å². The van der Waals surface area contributed by atoms with Gasteiger partial charge in [-0.15, -0.1) is 0 Å². The number of carbonyl (C=O) groups excluding carboxylic acids is 1. The van der Waals surface area contributed by atoms with Gasteiger partial charge in [0.05, 0.1) is 12.0 Å². The van der Waals surface area contributed by atoms with E-state index in [1.54, 1.807) is 0 Å². The minimum Gasteiger partial charge on any atom is -0.466 e. The van der Waals surface area contributed by atoms with E-state index < -0.39 is 0 Å². The van der Waals surface area contributed by atoms with E-state index in [2.05, 4.69) is 12.8 Å². The minimum atomic E-state index is -0.131. The summed E-state index contributed by atoms with van der Waals surface area (Å²) in [6.07, 6.45) is 3.11. The van der Waals surface area contributed by atoms with E-state index in [9.17, 15) is 4.79 Å². The monoisotopic (exact) mass is 215 g/mol. The highest BCUT2D eigenvalue weighted by Crippen LogP contribution is 2.55. The summed E-state index contributed by atoms with van der Waals surface area (Å²) in [4.78, 5) is 11.8. The fraction of sp³-hybridized carbons (Fsp3) is 0.900. The second kappa shape index (κ2) is 3.74. The van der Waals surface area contributed by atoms with Crippen molar-refractivity contribution in [1.29, 1.82) is 0 Å². The molecule has 1 aliphatic heterocycles. The average Bonchev–Trinajstić information content (AvgIpc) is 2.85. The number of esters is 1. The van der Waals surface area contributed by atoms with E-state index in [0.29, 0.717) is 12.5 Å². The SMILES string of the molecule is CCOC(=O)C1(C2CCN(S)C2)CC1. The quantitative estimate of drug-likeness (QED) is 0.571. The van der Waals surface area contributed by atoms with Gasteiger partial charge in [-0.2, -0.15) is 0 Å². The topological polar surface area (TPSA) is 29.5 Å². The largest absolute Gasteiger partial charge is 0.466 e. The van der Waals surface area contributed by atoms with Crippen molar-refractivity contribution in [2.45, 2.75) is 26.2 Å². The number of hydrogen-bond donors (Lipinski definition) is 1. The molecule has 0 bridgehead atoms. The first-order valence-corrected chi connectivity index (χ1v) is 5.70. The maximum atomic E-state index is 11.8. The van der Waals surface area contributed by atoms with Crippen LogP contribution in [0.25, 0.3) is 0 Å². The molecular weight excluding hydrogens is 198 g/mol. The Morgan fingerprint density at radius 2 is 2.36 bits per heavy atom. The minimum absolute atomic E-state index is 0.0219. The highest BCUT2D eigenvalue weighted by molar-refractivity contribution is 7.77. The summed E-state index contributed by atoms with van der Waals surface area (Å²) in [7, 11) is 0. The van der Waals surface area contributed by atoms with E-state index in [-0.39, 0.29) is 11.4 Å². The zero-order chi connectivity index (χ0) is 10.2. The molecule has 3 nitrogen and oxygen atoms in total. The normalized spacial score (nSPS) is 30.3.